The molecule has 1 fully saturated rings. The molecule has 2 rings (SSSR count). The Morgan fingerprint density at radius 3 is 2.11 bits per heavy atom. The van der Waals surface area contributed by atoms with Gasteiger partial charge in [-0.2, -0.15) is 5.71 Å². The van der Waals surface area contributed by atoms with Crippen LogP contribution < -0.4 is 17.0 Å². The number of halogens is 1. The number of nitrogens with zero attached hydrogens (tertiary/aromatic N) is 1. The summed E-state index contributed by atoms with van der Waals surface area (Å²) in [6.45, 7) is 6.43. The maximum atomic E-state index is 10.4. The van der Waals surface area contributed by atoms with E-state index >= 15 is 0 Å². The summed E-state index contributed by atoms with van der Waals surface area (Å²) in [5.41, 5.74) is 3.25. The van der Waals surface area contributed by atoms with Gasteiger partial charge < -0.3 is 22.4 Å². The van der Waals surface area contributed by atoms with E-state index < -0.39 is 0 Å². The quantitative estimate of drug-likeness (QED) is 0.582. The smallest absolute Gasteiger partial charge is 1.00 e. The Kier molecular flexibility index (Phi) is 7.85. The predicted octanol–water partition coefficient (Wildman–Crippen LogP) is 1.10. The molecule has 0 spiro atoms. The Labute approximate surface area is 144 Å². The van der Waals surface area contributed by atoms with Gasteiger partial charge in [0.1, 0.15) is 0 Å². The fourth-order valence-electron chi connectivity index (χ4n) is 2.73. The molecule has 1 aliphatic rings. The van der Waals surface area contributed by atoms with Gasteiger partial charge in [0.25, 0.3) is 0 Å². The van der Waals surface area contributed by atoms with Crippen LogP contribution in [-0.4, -0.2) is 28.8 Å². The molecule has 0 amide bonds. The normalized spacial score (nSPS) is 16.0. The topological polar surface area (TPSA) is 22.3 Å². The van der Waals surface area contributed by atoms with Crippen molar-refractivity contribution < 1.29 is 17.0 Å². The molecule has 1 saturated carbocycles. The second-order valence-electron chi connectivity index (χ2n) is 5.85. The van der Waals surface area contributed by atoms with Gasteiger partial charge in [-0.3, -0.25) is 0 Å². The second-order valence-corrected chi connectivity index (χ2v) is 5.85. The fourth-order valence-corrected chi connectivity index (χ4v) is 2.73. The van der Waals surface area contributed by atoms with Gasteiger partial charge in [0.2, 0.25) is 0 Å². The second kappa shape index (κ2) is 7.80. The predicted molar refractivity (Wildman–Crippen MR) is 80.3 cm³/mol. The van der Waals surface area contributed by atoms with Crippen LogP contribution in [-0.2, 0) is 5.41 Å². The van der Waals surface area contributed by atoms with E-state index in [0.29, 0.717) is 11.6 Å². The van der Waals surface area contributed by atoms with E-state index in [0.717, 1.165) is 19.3 Å². The average molecular weight is 333 g/mol. The molecule has 0 atom stereocenters. The molecule has 1 aromatic carbocycles. The summed E-state index contributed by atoms with van der Waals surface area (Å²) in [6.07, 6.45) is 4.27. The first-order valence-electron chi connectivity index (χ1n) is 6.67. The summed E-state index contributed by atoms with van der Waals surface area (Å²) in [5, 5.41) is 10.4. The van der Waals surface area contributed by atoms with E-state index in [9.17, 15) is 5.41 Å². The van der Waals surface area contributed by atoms with E-state index in [1.54, 1.807) is 0 Å². The molecule has 100 valence electrons. The van der Waals surface area contributed by atoms with Gasteiger partial charge in [-0.15, -0.1) is 0 Å². The first-order valence-corrected chi connectivity index (χ1v) is 6.67. The zero-order valence-corrected chi connectivity index (χ0v) is 15.2. The number of hydrogen-bond acceptors (Lipinski definition) is 0. The number of hydrogen-bond donors (Lipinski definition) is 0. The van der Waals surface area contributed by atoms with E-state index in [-0.39, 0.29) is 45.4 Å². The number of benzene rings is 1. The Bertz CT molecular complexity index is 407. The summed E-state index contributed by atoms with van der Waals surface area (Å²) in [6, 6.07) is 8.67. The molecule has 0 aromatic heterocycles. The number of aryl methyl sites for hydroxylation is 1. The SMILES string of the molecule is Cc1ccc(C2(C(=[N-])CC(C)C)CCC2)cc1.[Br-].[Mg+2]. The van der Waals surface area contributed by atoms with Crippen LogP contribution in [0.2, 0.25) is 0 Å². The molecular formula is C16H22BrMgN. The molecule has 0 N–H and O–H groups in total. The van der Waals surface area contributed by atoms with Gasteiger partial charge >= 0.3 is 23.1 Å². The standard InChI is InChI=1S/C16H22N.BrH.Mg/c1-12(2)11-15(17)16(9-4-10-16)14-7-5-13(3)6-8-14;;/h5-8,12H,4,9-11H2,1-3H3;1H;/q-1;;+2/p-1. The molecular weight excluding hydrogens is 310 g/mol. The van der Waals surface area contributed by atoms with E-state index in [1.165, 1.54) is 17.5 Å². The Balaban J connectivity index is 0.00000162. The molecule has 19 heavy (non-hydrogen) atoms. The minimum Gasteiger partial charge on any atom is -1.00 e. The molecule has 1 aromatic rings. The van der Waals surface area contributed by atoms with Gasteiger partial charge in [-0.1, -0.05) is 56.5 Å². The van der Waals surface area contributed by atoms with Crippen LogP contribution in [0.4, 0.5) is 0 Å². The van der Waals surface area contributed by atoms with Crippen molar-refractivity contribution in [1.82, 2.24) is 0 Å². The molecule has 0 radical (unpaired) electrons. The largest absolute Gasteiger partial charge is 2.00 e. The first-order chi connectivity index (χ1) is 8.04. The average Bonchev–Trinajstić information content (AvgIpc) is 2.18. The van der Waals surface area contributed by atoms with Gasteiger partial charge in [0.05, 0.1) is 0 Å². The van der Waals surface area contributed by atoms with Crippen molar-refractivity contribution in [1.29, 1.82) is 0 Å². The zero-order valence-electron chi connectivity index (χ0n) is 12.2. The molecule has 0 aliphatic heterocycles. The Morgan fingerprint density at radius 1 is 1.21 bits per heavy atom. The molecule has 1 nitrogen and oxygen atoms in total. The molecule has 0 saturated heterocycles. The summed E-state index contributed by atoms with van der Waals surface area (Å²) >= 11 is 0. The minimum absolute atomic E-state index is 0. The van der Waals surface area contributed by atoms with Crippen LogP contribution in [0.5, 0.6) is 0 Å². The summed E-state index contributed by atoms with van der Waals surface area (Å²) in [7, 11) is 0. The van der Waals surface area contributed by atoms with Crippen LogP contribution >= 0.6 is 0 Å². The van der Waals surface area contributed by atoms with E-state index in [2.05, 4.69) is 45.0 Å². The van der Waals surface area contributed by atoms with Gasteiger partial charge in [-0.05, 0) is 36.7 Å². The minimum atomic E-state index is -0.0298. The zero-order chi connectivity index (χ0) is 12.5. The van der Waals surface area contributed by atoms with Crippen molar-refractivity contribution in [3.05, 3.63) is 40.8 Å². The molecule has 1 aliphatic carbocycles. The third-order valence-electron chi connectivity index (χ3n) is 3.97. The van der Waals surface area contributed by atoms with E-state index in [4.69, 9.17) is 0 Å². The van der Waals surface area contributed by atoms with Gasteiger partial charge in [0.15, 0.2) is 0 Å². The van der Waals surface area contributed by atoms with Crippen molar-refractivity contribution in [2.24, 2.45) is 5.92 Å². The third-order valence-corrected chi connectivity index (χ3v) is 3.97. The van der Waals surface area contributed by atoms with E-state index in [1.807, 2.05) is 0 Å². The Hall–Kier alpha value is 0.136. The third kappa shape index (κ3) is 4.05. The van der Waals surface area contributed by atoms with Crippen LogP contribution in [0.3, 0.4) is 0 Å². The molecule has 0 unspecified atom stereocenters. The van der Waals surface area contributed by atoms with Gasteiger partial charge in [-0.25, -0.2) is 0 Å². The van der Waals surface area contributed by atoms with Crippen LogP contribution in [0.25, 0.3) is 5.41 Å². The summed E-state index contributed by atoms with van der Waals surface area (Å²) in [5.74, 6) is 0.526. The number of rotatable bonds is 4. The Morgan fingerprint density at radius 2 is 1.74 bits per heavy atom. The van der Waals surface area contributed by atoms with Crippen LogP contribution in [0.15, 0.2) is 24.3 Å². The van der Waals surface area contributed by atoms with Crippen molar-refractivity contribution >= 4 is 28.8 Å². The summed E-state index contributed by atoms with van der Waals surface area (Å²) in [4.78, 5) is 0. The molecule has 3 heteroatoms. The fraction of sp³-hybridized carbons (Fsp3) is 0.562. The van der Waals surface area contributed by atoms with Crippen molar-refractivity contribution in [3.63, 3.8) is 0 Å². The maximum Gasteiger partial charge on any atom is 2.00 e. The molecule has 0 heterocycles. The van der Waals surface area contributed by atoms with Crippen molar-refractivity contribution in [2.75, 3.05) is 0 Å². The maximum absolute atomic E-state index is 10.4. The molecule has 0 bridgehead atoms. The first kappa shape index (κ1) is 19.1. The monoisotopic (exact) mass is 331 g/mol. The van der Waals surface area contributed by atoms with Crippen molar-refractivity contribution in [2.45, 2.75) is 51.9 Å². The van der Waals surface area contributed by atoms with Gasteiger partial charge in [0, 0.05) is 0 Å². The van der Waals surface area contributed by atoms with Crippen molar-refractivity contribution in [3.8, 4) is 0 Å². The summed E-state index contributed by atoms with van der Waals surface area (Å²) < 4.78 is 0. The van der Waals surface area contributed by atoms with Crippen LogP contribution in [0, 0.1) is 12.8 Å². The van der Waals surface area contributed by atoms with Crippen LogP contribution in [0.1, 0.15) is 50.7 Å².